The summed E-state index contributed by atoms with van der Waals surface area (Å²) < 4.78 is 6.13. The average Bonchev–Trinajstić information content (AvgIpc) is 2.49. The van der Waals surface area contributed by atoms with Crippen LogP contribution in [0, 0.1) is 0 Å². The summed E-state index contributed by atoms with van der Waals surface area (Å²) in [6.07, 6.45) is 2.22. The van der Waals surface area contributed by atoms with E-state index in [0.717, 1.165) is 42.5 Å². The highest BCUT2D eigenvalue weighted by Gasteiger charge is 2.19. The Morgan fingerprint density at radius 2 is 1.81 bits per heavy atom. The van der Waals surface area contributed by atoms with Crippen molar-refractivity contribution in [2.24, 2.45) is 0 Å². The van der Waals surface area contributed by atoms with Gasteiger partial charge >= 0.3 is 5.97 Å². The Hall–Kier alpha value is -2.07. The highest BCUT2D eigenvalue weighted by Crippen LogP contribution is 2.30. The van der Waals surface area contributed by atoms with Gasteiger partial charge in [-0.25, -0.2) is 4.79 Å². The van der Waals surface area contributed by atoms with E-state index < -0.39 is 5.97 Å². The molecule has 1 fully saturated rings. The predicted molar refractivity (Wildman–Crippen MR) is 82.1 cm³/mol. The third-order valence-electron chi connectivity index (χ3n) is 4.07. The van der Waals surface area contributed by atoms with E-state index in [-0.39, 0.29) is 6.10 Å². The summed E-state index contributed by atoms with van der Waals surface area (Å²) in [7, 11) is 2.12. The maximum absolute atomic E-state index is 11.3. The third-order valence-corrected chi connectivity index (χ3v) is 4.07. The van der Waals surface area contributed by atoms with Gasteiger partial charge in [0.15, 0.2) is 0 Å². The zero-order chi connectivity index (χ0) is 14.8. The number of nitrogens with zero attached hydrogens (tertiary/aromatic N) is 1. The van der Waals surface area contributed by atoms with Crippen molar-refractivity contribution < 1.29 is 14.6 Å². The fraction of sp³-hybridized carbons (Fsp3) is 0.353. The molecule has 2 aromatic carbocycles. The lowest BCUT2D eigenvalue weighted by Gasteiger charge is -2.29. The minimum Gasteiger partial charge on any atom is -0.490 e. The summed E-state index contributed by atoms with van der Waals surface area (Å²) in [5.41, 5.74) is 0.321. The van der Waals surface area contributed by atoms with E-state index in [1.54, 1.807) is 12.1 Å². The zero-order valence-corrected chi connectivity index (χ0v) is 12.1. The SMILES string of the molecule is CN1CCC(Oc2ccc(C(=O)O)c3ccccc23)CC1. The molecule has 0 amide bonds. The van der Waals surface area contributed by atoms with E-state index in [4.69, 9.17) is 4.74 Å². The molecule has 0 saturated carbocycles. The van der Waals surface area contributed by atoms with Gasteiger partial charge in [0.25, 0.3) is 0 Å². The lowest BCUT2D eigenvalue weighted by atomic mass is 10.0. The molecule has 4 nitrogen and oxygen atoms in total. The monoisotopic (exact) mass is 285 g/mol. The van der Waals surface area contributed by atoms with Crippen LogP contribution in [0.1, 0.15) is 23.2 Å². The van der Waals surface area contributed by atoms with Crippen LogP contribution in [0.2, 0.25) is 0 Å². The number of piperidine rings is 1. The second kappa shape index (κ2) is 5.74. The van der Waals surface area contributed by atoms with Crippen molar-refractivity contribution in [1.29, 1.82) is 0 Å². The number of aromatic carboxylic acids is 1. The maximum atomic E-state index is 11.3. The molecule has 0 aromatic heterocycles. The molecule has 0 spiro atoms. The quantitative estimate of drug-likeness (QED) is 0.942. The van der Waals surface area contributed by atoms with Gasteiger partial charge in [-0.15, -0.1) is 0 Å². The number of carboxylic acid groups (broad SMARTS) is 1. The molecule has 0 aliphatic carbocycles. The molecule has 0 bridgehead atoms. The molecule has 2 aromatic rings. The van der Waals surface area contributed by atoms with E-state index in [0.29, 0.717) is 5.56 Å². The molecule has 0 unspecified atom stereocenters. The van der Waals surface area contributed by atoms with Crippen LogP contribution in [0.5, 0.6) is 5.75 Å². The van der Waals surface area contributed by atoms with Crippen molar-refractivity contribution in [2.75, 3.05) is 20.1 Å². The maximum Gasteiger partial charge on any atom is 0.336 e. The molecule has 1 aliphatic rings. The van der Waals surface area contributed by atoms with Crippen LogP contribution >= 0.6 is 0 Å². The topological polar surface area (TPSA) is 49.8 Å². The van der Waals surface area contributed by atoms with Gasteiger partial charge < -0.3 is 14.7 Å². The first kappa shape index (κ1) is 13.9. The Labute approximate surface area is 123 Å². The number of fused-ring (bicyclic) bond motifs is 1. The summed E-state index contributed by atoms with van der Waals surface area (Å²) >= 11 is 0. The van der Waals surface area contributed by atoms with Crippen LogP contribution in [0.15, 0.2) is 36.4 Å². The Morgan fingerprint density at radius 3 is 2.48 bits per heavy atom. The summed E-state index contributed by atoms with van der Waals surface area (Å²) in [5, 5.41) is 10.9. The van der Waals surface area contributed by atoms with Crippen LogP contribution in [0.4, 0.5) is 0 Å². The Morgan fingerprint density at radius 1 is 1.14 bits per heavy atom. The summed E-state index contributed by atoms with van der Waals surface area (Å²) in [5.74, 6) is -0.123. The minimum atomic E-state index is -0.906. The zero-order valence-electron chi connectivity index (χ0n) is 12.1. The molecule has 3 rings (SSSR count). The summed E-state index contributed by atoms with van der Waals surface area (Å²) in [6, 6.07) is 10.9. The lowest BCUT2D eigenvalue weighted by molar-refractivity contribution is 0.0699. The van der Waals surface area contributed by atoms with Gasteiger partial charge in [0.2, 0.25) is 0 Å². The van der Waals surface area contributed by atoms with Gasteiger partial charge in [-0.2, -0.15) is 0 Å². The van der Waals surface area contributed by atoms with Gasteiger partial charge in [-0.1, -0.05) is 24.3 Å². The number of hydrogen-bond acceptors (Lipinski definition) is 3. The van der Waals surface area contributed by atoms with Crippen molar-refractivity contribution in [3.8, 4) is 5.75 Å². The first-order chi connectivity index (χ1) is 10.1. The van der Waals surface area contributed by atoms with Crippen molar-refractivity contribution in [3.05, 3.63) is 42.0 Å². The molecule has 1 N–H and O–H groups in total. The van der Waals surface area contributed by atoms with Crippen molar-refractivity contribution in [2.45, 2.75) is 18.9 Å². The van der Waals surface area contributed by atoms with E-state index >= 15 is 0 Å². The van der Waals surface area contributed by atoms with Crippen LogP contribution in [0.25, 0.3) is 10.8 Å². The Balaban J connectivity index is 1.93. The highest BCUT2D eigenvalue weighted by atomic mass is 16.5. The highest BCUT2D eigenvalue weighted by molar-refractivity contribution is 6.05. The second-order valence-corrected chi connectivity index (χ2v) is 5.58. The normalized spacial score (nSPS) is 17.0. The molecule has 0 atom stereocenters. The van der Waals surface area contributed by atoms with Crippen LogP contribution < -0.4 is 4.74 Å². The summed E-state index contributed by atoms with van der Waals surface area (Å²) in [4.78, 5) is 13.6. The van der Waals surface area contributed by atoms with Crippen molar-refractivity contribution >= 4 is 16.7 Å². The summed E-state index contributed by atoms with van der Waals surface area (Å²) in [6.45, 7) is 2.08. The second-order valence-electron chi connectivity index (χ2n) is 5.58. The number of hydrogen-bond donors (Lipinski definition) is 1. The van der Waals surface area contributed by atoms with E-state index in [1.165, 1.54) is 0 Å². The molecule has 0 radical (unpaired) electrons. The van der Waals surface area contributed by atoms with Gasteiger partial charge in [-0.05, 0) is 37.4 Å². The molecule has 1 aliphatic heterocycles. The van der Waals surface area contributed by atoms with Crippen LogP contribution in [0.3, 0.4) is 0 Å². The standard InChI is InChI=1S/C17H19NO3/c1-18-10-8-12(9-11-18)21-16-7-6-15(17(19)20)13-4-2-3-5-14(13)16/h2-7,12H,8-11H2,1H3,(H,19,20). The number of carbonyl (C=O) groups is 1. The molecule has 110 valence electrons. The van der Waals surface area contributed by atoms with Gasteiger partial charge in [0.05, 0.1) is 5.56 Å². The van der Waals surface area contributed by atoms with Gasteiger partial charge in [-0.3, -0.25) is 0 Å². The van der Waals surface area contributed by atoms with Gasteiger partial charge in [0.1, 0.15) is 11.9 Å². The van der Waals surface area contributed by atoms with E-state index in [9.17, 15) is 9.90 Å². The van der Waals surface area contributed by atoms with E-state index in [2.05, 4.69) is 11.9 Å². The molecule has 1 saturated heterocycles. The van der Waals surface area contributed by atoms with Crippen molar-refractivity contribution in [1.82, 2.24) is 4.90 Å². The van der Waals surface area contributed by atoms with Crippen molar-refractivity contribution in [3.63, 3.8) is 0 Å². The molecular formula is C17H19NO3. The average molecular weight is 285 g/mol. The number of rotatable bonds is 3. The lowest BCUT2D eigenvalue weighted by Crippen LogP contribution is -2.35. The van der Waals surface area contributed by atoms with Gasteiger partial charge in [0, 0.05) is 18.5 Å². The fourth-order valence-electron chi connectivity index (χ4n) is 2.84. The number of likely N-dealkylation sites (tertiary alicyclic amines) is 1. The number of benzene rings is 2. The fourth-order valence-corrected chi connectivity index (χ4v) is 2.84. The van der Waals surface area contributed by atoms with Crippen LogP contribution in [-0.2, 0) is 0 Å². The largest absolute Gasteiger partial charge is 0.490 e. The Bertz CT molecular complexity index is 660. The van der Waals surface area contributed by atoms with Crippen LogP contribution in [-0.4, -0.2) is 42.2 Å². The predicted octanol–water partition coefficient (Wildman–Crippen LogP) is 3.01. The Kier molecular flexibility index (Phi) is 3.80. The smallest absolute Gasteiger partial charge is 0.336 e. The molecular weight excluding hydrogens is 266 g/mol. The number of carboxylic acids is 1. The third kappa shape index (κ3) is 2.85. The minimum absolute atomic E-state index is 0.209. The molecule has 21 heavy (non-hydrogen) atoms. The molecule has 4 heteroatoms. The first-order valence-corrected chi connectivity index (χ1v) is 7.25. The number of ether oxygens (including phenoxy) is 1. The van der Waals surface area contributed by atoms with E-state index in [1.807, 2.05) is 24.3 Å². The molecule has 1 heterocycles. The first-order valence-electron chi connectivity index (χ1n) is 7.25.